The number of carbonyl (C=O) groups excluding carboxylic acids is 1. The summed E-state index contributed by atoms with van der Waals surface area (Å²) < 4.78 is 0. The molecule has 2 heterocycles. The molecule has 4 aromatic rings. The average molecular weight is 406 g/mol. The monoisotopic (exact) mass is 406 g/mol. The highest BCUT2D eigenvalue weighted by atomic mass is 32.1. The van der Waals surface area contributed by atoms with Gasteiger partial charge in [0.1, 0.15) is 6.20 Å². The van der Waals surface area contributed by atoms with Crippen LogP contribution in [0.4, 0.5) is 16.1 Å². The van der Waals surface area contributed by atoms with E-state index in [9.17, 15) is 14.9 Å². The fourth-order valence-electron chi connectivity index (χ4n) is 2.87. The Morgan fingerprint density at radius 3 is 2.76 bits per heavy atom. The first-order chi connectivity index (χ1) is 13.9. The molecule has 0 bridgehead atoms. The average Bonchev–Trinajstić information content (AvgIpc) is 3.17. The molecule has 0 atom stereocenters. The Morgan fingerprint density at radius 2 is 2.00 bits per heavy atom. The third-order valence-corrected chi connectivity index (χ3v) is 5.17. The van der Waals surface area contributed by atoms with Gasteiger partial charge in [-0.2, -0.15) is 0 Å². The van der Waals surface area contributed by atoms with Crippen LogP contribution in [0.25, 0.3) is 22.0 Å². The van der Waals surface area contributed by atoms with Crippen LogP contribution in [0.3, 0.4) is 0 Å². The molecule has 0 saturated carbocycles. The molecule has 29 heavy (non-hydrogen) atoms. The van der Waals surface area contributed by atoms with Crippen molar-refractivity contribution in [2.24, 2.45) is 0 Å². The number of nitrogens with two attached hydrogens (primary N) is 1. The molecule has 0 spiro atoms. The maximum Gasteiger partial charge on any atom is 0.345 e. The summed E-state index contributed by atoms with van der Waals surface area (Å²) in [7, 11) is 0. The van der Waals surface area contributed by atoms with Gasteiger partial charge in [0.2, 0.25) is 5.95 Å². The van der Waals surface area contributed by atoms with Crippen LogP contribution in [-0.4, -0.2) is 25.8 Å². The normalized spacial score (nSPS) is 10.8. The van der Waals surface area contributed by atoms with Crippen molar-refractivity contribution in [3.63, 3.8) is 0 Å². The molecule has 144 valence electrons. The highest BCUT2D eigenvalue weighted by molar-refractivity contribution is 7.18. The number of hydrogen-bond acceptors (Lipinski definition) is 8. The number of thiazole rings is 1. The summed E-state index contributed by atoms with van der Waals surface area (Å²) in [5, 5.41) is 14.2. The number of carbonyl (C=O) groups is 1. The minimum atomic E-state index is -0.547. The predicted molar refractivity (Wildman–Crippen MR) is 111 cm³/mol. The van der Waals surface area contributed by atoms with Gasteiger partial charge in [-0.3, -0.25) is 20.2 Å². The largest absolute Gasteiger partial charge is 0.368 e. The zero-order chi connectivity index (χ0) is 20.5. The Bertz CT molecular complexity index is 1270. The first kappa shape index (κ1) is 18.4. The molecule has 3 N–H and O–H groups in total. The molecular formula is C19H14N6O3S. The Morgan fingerprint density at radius 1 is 1.17 bits per heavy atom. The summed E-state index contributed by atoms with van der Waals surface area (Å²) in [6.07, 6.45) is 2.77. The lowest BCUT2D eigenvalue weighted by atomic mass is 9.97. The molecule has 2 aromatic heterocycles. The Labute approximate surface area is 168 Å². The van der Waals surface area contributed by atoms with Gasteiger partial charge in [0.05, 0.1) is 10.4 Å². The van der Waals surface area contributed by atoms with Gasteiger partial charge in [0, 0.05) is 17.1 Å². The van der Waals surface area contributed by atoms with Crippen molar-refractivity contribution >= 4 is 44.2 Å². The number of amides is 1. The molecule has 0 aliphatic heterocycles. The van der Waals surface area contributed by atoms with Gasteiger partial charge in [-0.25, -0.2) is 15.0 Å². The van der Waals surface area contributed by atoms with Crippen LogP contribution < -0.4 is 11.1 Å². The van der Waals surface area contributed by atoms with Crippen LogP contribution in [0.1, 0.15) is 15.9 Å². The maximum absolute atomic E-state index is 12.6. The summed E-state index contributed by atoms with van der Waals surface area (Å²) in [5.41, 5.74) is 9.54. The number of aryl methyl sites for hydroxylation is 1. The molecule has 1 amide bonds. The SMILES string of the molecule is Cc1ccc(C(=O)Nc2ncc([N+](=O)[O-])s2)cc1-c1ccc2nc(N)ncc2c1. The first-order valence-electron chi connectivity index (χ1n) is 8.45. The van der Waals surface area contributed by atoms with Crippen LogP contribution in [0.5, 0.6) is 0 Å². The topological polar surface area (TPSA) is 137 Å². The molecular weight excluding hydrogens is 392 g/mol. The number of aromatic nitrogens is 3. The molecule has 0 saturated heterocycles. The molecule has 4 rings (SSSR count). The fourth-order valence-corrected chi connectivity index (χ4v) is 3.49. The number of benzene rings is 2. The van der Waals surface area contributed by atoms with E-state index in [1.54, 1.807) is 18.3 Å². The van der Waals surface area contributed by atoms with E-state index in [-0.39, 0.29) is 16.1 Å². The lowest BCUT2D eigenvalue weighted by Gasteiger charge is -2.10. The second kappa shape index (κ2) is 7.24. The summed E-state index contributed by atoms with van der Waals surface area (Å²) in [6, 6.07) is 11.0. The standard InChI is InChI=1S/C19H14N6O3S/c1-10-2-3-12(17(26)24-19-22-9-16(29-19)25(27)28)7-14(10)11-4-5-15-13(6-11)8-21-18(20)23-15/h2-9H,1H3,(H2,20,21,23)(H,22,24,26). The smallest absolute Gasteiger partial charge is 0.345 e. The molecule has 9 nitrogen and oxygen atoms in total. The Kier molecular flexibility index (Phi) is 4.61. The maximum atomic E-state index is 12.6. The number of anilines is 2. The summed E-state index contributed by atoms with van der Waals surface area (Å²) in [4.78, 5) is 34.9. The molecule has 10 heteroatoms. The number of nitrogen functional groups attached to an aromatic ring is 1. The van der Waals surface area contributed by atoms with Crippen LogP contribution in [0.15, 0.2) is 48.8 Å². The quantitative estimate of drug-likeness (QED) is 0.388. The molecule has 0 fully saturated rings. The number of nitrogens with zero attached hydrogens (tertiary/aromatic N) is 4. The van der Waals surface area contributed by atoms with Gasteiger partial charge >= 0.3 is 5.00 Å². The van der Waals surface area contributed by atoms with Gasteiger partial charge in [-0.1, -0.05) is 12.1 Å². The summed E-state index contributed by atoms with van der Waals surface area (Å²) in [5.74, 6) is -0.185. The van der Waals surface area contributed by atoms with Crippen LogP contribution in [0.2, 0.25) is 0 Å². The second-order valence-electron chi connectivity index (χ2n) is 6.25. The van der Waals surface area contributed by atoms with Crippen LogP contribution in [-0.2, 0) is 0 Å². The van der Waals surface area contributed by atoms with Crippen molar-refractivity contribution in [3.8, 4) is 11.1 Å². The number of nitro groups is 1. The Hall–Kier alpha value is -3.92. The predicted octanol–water partition coefficient (Wildman–Crippen LogP) is 3.80. The minimum absolute atomic E-state index is 0.135. The van der Waals surface area contributed by atoms with E-state index in [0.29, 0.717) is 5.56 Å². The first-order valence-corrected chi connectivity index (χ1v) is 9.27. The Balaban J connectivity index is 1.65. The third-order valence-electron chi connectivity index (χ3n) is 4.30. The van der Waals surface area contributed by atoms with E-state index in [4.69, 9.17) is 5.73 Å². The van der Waals surface area contributed by atoms with Gasteiger partial charge < -0.3 is 5.73 Å². The lowest BCUT2D eigenvalue weighted by Crippen LogP contribution is -2.11. The van der Waals surface area contributed by atoms with Crippen LogP contribution >= 0.6 is 11.3 Å². The van der Waals surface area contributed by atoms with Crippen molar-refractivity contribution in [3.05, 3.63) is 70.0 Å². The zero-order valence-corrected chi connectivity index (χ0v) is 15.9. The fraction of sp³-hybridized carbons (Fsp3) is 0.0526. The van der Waals surface area contributed by atoms with E-state index < -0.39 is 10.8 Å². The van der Waals surface area contributed by atoms with Gasteiger partial charge in [-0.05, 0) is 59.2 Å². The molecule has 0 aliphatic carbocycles. The molecule has 0 aliphatic rings. The van der Waals surface area contributed by atoms with Crippen molar-refractivity contribution in [1.82, 2.24) is 15.0 Å². The van der Waals surface area contributed by atoms with Crippen LogP contribution in [0, 0.1) is 17.0 Å². The van der Waals surface area contributed by atoms with E-state index >= 15 is 0 Å². The van der Waals surface area contributed by atoms with Crippen molar-refractivity contribution < 1.29 is 9.72 Å². The van der Waals surface area contributed by atoms with E-state index in [2.05, 4.69) is 20.3 Å². The number of hydrogen-bond donors (Lipinski definition) is 2. The van der Waals surface area contributed by atoms with Gasteiger partial charge in [-0.15, -0.1) is 0 Å². The summed E-state index contributed by atoms with van der Waals surface area (Å²) in [6.45, 7) is 1.95. The van der Waals surface area contributed by atoms with E-state index in [0.717, 1.165) is 45.1 Å². The van der Waals surface area contributed by atoms with E-state index in [1.807, 2.05) is 31.2 Å². The molecule has 0 unspecified atom stereocenters. The number of fused-ring (bicyclic) bond motifs is 1. The second-order valence-corrected chi connectivity index (χ2v) is 7.26. The zero-order valence-electron chi connectivity index (χ0n) is 15.1. The van der Waals surface area contributed by atoms with Crippen molar-refractivity contribution in [1.29, 1.82) is 0 Å². The lowest BCUT2D eigenvalue weighted by molar-refractivity contribution is -0.380. The number of rotatable bonds is 4. The molecule has 2 aromatic carbocycles. The van der Waals surface area contributed by atoms with Gasteiger partial charge in [0.25, 0.3) is 5.91 Å². The molecule has 0 radical (unpaired) electrons. The highest BCUT2D eigenvalue weighted by Gasteiger charge is 2.15. The van der Waals surface area contributed by atoms with Crippen molar-refractivity contribution in [2.45, 2.75) is 6.92 Å². The minimum Gasteiger partial charge on any atom is -0.368 e. The number of nitrogens with one attached hydrogen (secondary N) is 1. The van der Waals surface area contributed by atoms with Gasteiger partial charge in [0.15, 0.2) is 5.13 Å². The highest BCUT2D eigenvalue weighted by Crippen LogP contribution is 2.29. The summed E-state index contributed by atoms with van der Waals surface area (Å²) >= 11 is 0.804. The van der Waals surface area contributed by atoms with Crippen molar-refractivity contribution in [2.75, 3.05) is 11.1 Å². The third kappa shape index (κ3) is 3.73. The van der Waals surface area contributed by atoms with E-state index in [1.165, 1.54) is 0 Å².